The maximum Gasteiger partial charge on any atom is 0.305 e. The topological polar surface area (TPSA) is 46.5 Å². The molecule has 3 nitrogen and oxygen atoms in total. The summed E-state index contributed by atoms with van der Waals surface area (Å²) in [4.78, 5) is 10.0. The standard InChI is InChI=1S/C4H6O2.C2H6O/c5-4-2-1-3-6-4;1-2-3/h1-3H2;3H,2H2,1H3. The van der Waals surface area contributed by atoms with Crippen molar-refractivity contribution in [3.63, 3.8) is 0 Å². The molecule has 0 radical (unpaired) electrons. The average molecular weight is 132 g/mol. The number of hydrogen-bond donors (Lipinski definition) is 1. The monoisotopic (exact) mass is 132 g/mol. The van der Waals surface area contributed by atoms with Gasteiger partial charge in [0.1, 0.15) is 0 Å². The Labute approximate surface area is 54.6 Å². The summed E-state index contributed by atoms with van der Waals surface area (Å²) in [6.07, 6.45) is 1.54. The van der Waals surface area contributed by atoms with Crippen LogP contribution in [0.1, 0.15) is 19.8 Å². The van der Waals surface area contributed by atoms with Crippen LogP contribution in [0, 0.1) is 0 Å². The van der Waals surface area contributed by atoms with E-state index in [4.69, 9.17) is 5.11 Å². The molecule has 1 aliphatic rings. The van der Waals surface area contributed by atoms with Gasteiger partial charge in [-0.05, 0) is 13.3 Å². The van der Waals surface area contributed by atoms with Gasteiger partial charge in [0.15, 0.2) is 0 Å². The summed E-state index contributed by atoms with van der Waals surface area (Å²) < 4.78 is 4.51. The zero-order valence-electron chi connectivity index (χ0n) is 5.59. The van der Waals surface area contributed by atoms with Gasteiger partial charge in [-0.3, -0.25) is 4.79 Å². The first-order valence-electron chi connectivity index (χ1n) is 3.07. The van der Waals surface area contributed by atoms with Gasteiger partial charge in [0.05, 0.1) is 6.61 Å². The number of rotatable bonds is 0. The maximum atomic E-state index is 10.0. The van der Waals surface area contributed by atoms with Crippen LogP contribution in [0.15, 0.2) is 0 Å². The lowest BCUT2D eigenvalue weighted by Crippen LogP contribution is -1.88. The molecule has 0 atom stereocenters. The van der Waals surface area contributed by atoms with E-state index in [2.05, 4.69) is 4.74 Å². The largest absolute Gasteiger partial charge is 0.466 e. The van der Waals surface area contributed by atoms with Crippen molar-refractivity contribution in [1.82, 2.24) is 0 Å². The van der Waals surface area contributed by atoms with Crippen molar-refractivity contribution in [1.29, 1.82) is 0 Å². The van der Waals surface area contributed by atoms with Crippen LogP contribution < -0.4 is 0 Å². The lowest BCUT2D eigenvalue weighted by atomic mass is 10.4. The quantitative estimate of drug-likeness (QED) is 0.483. The first-order chi connectivity index (χ1) is 4.31. The minimum atomic E-state index is -0.0463. The number of aliphatic hydroxyl groups excluding tert-OH is 1. The van der Waals surface area contributed by atoms with Crippen molar-refractivity contribution in [3.8, 4) is 0 Å². The Balaban J connectivity index is 0.000000187. The molecule has 1 fully saturated rings. The van der Waals surface area contributed by atoms with Crippen LogP contribution in [-0.2, 0) is 9.53 Å². The molecule has 0 amide bonds. The fraction of sp³-hybridized carbons (Fsp3) is 0.833. The molecule has 0 aliphatic carbocycles. The van der Waals surface area contributed by atoms with Gasteiger partial charge < -0.3 is 9.84 Å². The van der Waals surface area contributed by atoms with E-state index in [1.54, 1.807) is 6.92 Å². The minimum Gasteiger partial charge on any atom is -0.466 e. The number of carbonyl (C=O) groups excluding carboxylic acids is 1. The number of aliphatic hydroxyl groups is 1. The zero-order chi connectivity index (χ0) is 7.11. The summed E-state index contributed by atoms with van der Waals surface area (Å²) in [5.74, 6) is -0.0463. The second-order valence-corrected chi connectivity index (χ2v) is 1.64. The Hall–Kier alpha value is -0.570. The van der Waals surface area contributed by atoms with Gasteiger partial charge >= 0.3 is 5.97 Å². The molecule has 1 saturated heterocycles. The van der Waals surface area contributed by atoms with Crippen molar-refractivity contribution < 1.29 is 14.6 Å². The SMILES string of the molecule is CCO.O=C1CCCO1. The summed E-state index contributed by atoms with van der Waals surface area (Å²) in [5.41, 5.74) is 0. The lowest BCUT2D eigenvalue weighted by molar-refractivity contribution is -0.137. The maximum absolute atomic E-state index is 10.0. The van der Waals surface area contributed by atoms with Crippen molar-refractivity contribution in [2.24, 2.45) is 0 Å². The molecule has 9 heavy (non-hydrogen) atoms. The Morgan fingerprint density at radius 1 is 1.78 bits per heavy atom. The molecule has 0 unspecified atom stereocenters. The normalized spacial score (nSPS) is 16.0. The van der Waals surface area contributed by atoms with E-state index in [1.165, 1.54) is 0 Å². The molecule has 0 aromatic rings. The first-order valence-corrected chi connectivity index (χ1v) is 3.07. The molecule has 0 saturated carbocycles. The van der Waals surface area contributed by atoms with E-state index in [9.17, 15) is 4.79 Å². The van der Waals surface area contributed by atoms with Gasteiger partial charge in [-0.2, -0.15) is 0 Å². The molecule has 0 aromatic carbocycles. The van der Waals surface area contributed by atoms with Crippen molar-refractivity contribution in [3.05, 3.63) is 0 Å². The highest BCUT2D eigenvalue weighted by Crippen LogP contribution is 2.01. The fourth-order valence-electron chi connectivity index (χ4n) is 0.475. The third-order valence-electron chi connectivity index (χ3n) is 0.788. The van der Waals surface area contributed by atoms with E-state index in [1.807, 2.05) is 0 Å². The molecule has 0 aromatic heterocycles. The highest BCUT2D eigenvalue weighted by atomic mass is 16.5. The van der Waals surface area contributed by atoms with Gasteiger partial charge in [-0.1, -0.05) is 0 Å². The zero-order valence-corrected chi connectivity index (χ0v) is 5.59. The highest BCUT2D eigenvalue weighted by molar-refractivity contribution is 5.70. The molecular weight excluding hydrogens is 120 g/mol. The van der Waals surface area contributed by atoms with Gasteiger partial charge in [-0.15, -0.1) is 0 Å². The molecule has 0 bridgehead atoms. The predicted molar refractivity (Wildman–Crippen MR) is 33.0 cm³/mol. The highest BCUT2D eigenvalue weighted by Gasteiger charge is 2.08. The lowest BCUT2D eigenvalue weighted by Gasteiger charge is -1.81. The second kappa shape index (κ2) is 5.56. The number of cyclic esters (lactones) is 1. The molecule has 1 heterocycles. The Bertz CT molecular complexity index is 72.4. The number of esters is 1. The van der Waals surface area contributed by atoms with Crippen LogP contribution in [0.3, 0.4) is 0 Å². The van der Waals surface area contributed by atoms with Crippen LogP contribution in [-0.4, -0.2) is 24.3 Å². The summed E-state index contributed by atoms with van der Waals surface area (Å²) >= 11 is 0. The summed E-state index contributed by atoms with van der Waals surface area (Å²) in [6.45, 7) is 2.57. The van der Waals surface area contributed by atoms with Crippen LogP contribution in [0.25, 0.3) is 0 Å². The second-order valence-electron chi connectivity index (χ2n) is 1.64. The van der Waals surface area contributed by atoms with Gasteiger partial charge in [0.25, 0.3) is 0 Å². The molecular formula is C6H12O3. The third-order valence-corrected chi connectivity index (χ3v) is 0.788. The molecule has 1 N–H and O–H groups in total. The van der Waals surface area contributed by atoms with E-state index >= 15 is 0 Å². The molecule has 54 valence electrons. The van der Waals surface area contributed by atoms with E-state index in [0.717, 1.165) is 6.42 Å². The van der Waals surface area contributed by atoms with Crippen molar-refractivity contribution in [2.45, 2.75) is 19.8 Å². The molecule has 1 aliphatic heterocycles. The predicted octanol–water partition coefficient (Wildman–Crippen LogP) is 0.322. The van der Waals surface area contributed by atoms with Crippen molar-refractivity contribution >= 4 is 5.97 Å². The third kappa shape index (κ3) is 5.30. The fourth-order valence-corrected chi connectivity index (χ4v) is 0.475. The Kier molecular flexibility index (Phi) is 5.21. The van der Waals surface area contributed by atoms with Crippen LogP contribution >= 0.6 is 0 Å². The summed E-state index contributed by atoms with van der Waals surface area (Å²) in [5, 5.41) is 7.57. The molecule has 1 rings (SSSR count). The number of ether oxygens (including phenoxy) is 1. The minimum absolute atomic E-state index is 0.0463. The van der Waals surface area contributed by atoms with Gasteiger partial charge in [-0.25, -0.2) is 0 Å². The van der Waals surface area contributed by atoms with Gasteiger partial charge in [0, 0.05) is 13.0 Å². The van der Waals surface area contributed by atoms with E-state index in [0.29, 0.717) is 13.0 Å². The Morgan fingerprint density at radius 3 is 2.44 bits per heavy atom. The number of carbonyl (C=O) groups is 1. The van der Waals surface area contributed by atoms with E-state index in [-0.39, 0.29) is 12.6 Å². The van der Waals surface area contributed by atoms with Gasteiger partial charge in [0.2, 0.25) is 0 Å². The van der Waals surface area contributed by atoms with Crippen LogP contribution in [0.2, 0.25) is 0 Å². The van der Waals surface area contributed by atoms with E-state index < -0.39 is 0 Å². The summed E-state index contributed by atoms with van der Waals surface area (Å²) in [6, 6.07) is 0. The molecule has 0 spiro atoms. The molecule has 3 heteroatoms. The summed E-state index contributed by atoms with van der Waals surface area (Å²) in [7, 11) is 0. The van der Waals surface area contributed by atoms with Crippen LogP contribution in [0.4, 0.5) is 0 Å². The average Bonchev–Trinajstić information content (AvgIpc) is 2.20. The number of hydrogen-bond acceptors (Lipinski definition) is 3. The van der Waals surface area contributed by atoms with Crippen LogP contribution in [0.5, 0.6) is 0 Å². The smallest absolute Gasteiger partial charge is 0.305 e. The Morgan fingerprint density at radius 2 is 2.33 bits per heavy atom. The van der Waals surface area contributed by atoms with Crippen molar-refractivity contribution in [2.75, 3.05) is 13.2 Å². The first kappa shape index (κ1) is 8.43.